The summed E-state index contributed by atoms with van der Waals surface area (Å²) in [6, 6.07) is 5.53. The normalized spacial score (nSPS) is 9.63. The molecule has 4 nitrogen and oxygen atoms in total. The first-order valence-electron chi connectivity index (χ1n) is 6.25. The van der Waals surface area contributed by atoms with E-state index in [0.717, 1.165) is 16.8 Å². The molecule has 1 aromatic carbocycles. The molecule has 0 heterocycles. The van der Waals surface area contributed by atoms with Crippen molar-refractivity contribution in [1.29, 1.82) is 0 Å². The lowest BCUT2D eigenvalue weighted by Gasteiger charge is -2.07. The molecule has 1 amide bonds. The van der Waals surface area contributed by atoms with E-state index in [1.807, 2.05) is 26.0 Å². The molecule has 0 aromatic heterocycles. The van der Waals surface area contributed by atoms with Crippen LogP contribution in [0.4, 0.5) is 5.69 Å². The van der Waals surface area contributed by atoms with Crippen molar-refractivity contribution in [3.05, 3.63) is 29.3 Å². The summed E-state index contributed by atoms with van der Waals surface area (Å²) >= 11 is 0. The minimum Gasteiger partial charge on any atom is -0.395 e. The highest BCUT2D eigenvalue weighted by Gasteiger charge is 2.03. The van der Waals surface area contributed by atoms with Gasteiger partial charge in [-0.25, -0.2) is 0 Å². The minimum absolute atomic E-state index is 0.0631. The zero-order valence-electron chi connectivity index (χ0n) is 11.3. The van der Waals surface area contributed by atoms with Gasteiger partial charge in [-0.1, -0.05) is 11.8 Å². The number of anilines is 1. The van der Waals surface area contributed by atoms with Gasteiger partial charge in [-0.05, 0) is 37.6 Å². The highest BCUT2D eigenvalue weighted by molar-refractivity contribution is 5.91. The molecule has 0 bridgehead atoms. The Labute approximate surface area is 113 Å². The van der Waals surface area contributed by atoms with E-state index in [1.54, 1.807) is 6.07 Å². The fraction of sp³-hybridized carbons (Fsp3) is 0.400. The van der Waals surface area contributed by atoms with Gasteiger partial charge in [0.1, 0.15) is 6.61 Å². The van der Waals surface area contributed by atoms with Gasteiger partial charge in [-0.2, -0.15) is 0 Å². The Morgan fingerprint density at radius 1 is 1.47 bits per heavy atom. The van der Waals surface area contributed by atoms with Crippen LogP contribution in [0, 0.1) is 18.8 Å². The van der Waals surface area contributed by atoms with E-state index in [0.29, 0.717) is 13.0 Å². The van der Waals surface area contributed by atoms with Gasteiger partial charge in [0.05, 0.1) is 6.61 Å². The van der Waals surface area contributed by atoms with E-state index in [9.17, 15) is 4.79 Å². The molecule has 0 aliphatic rings. The molecule has 0 saturated carbocycles. The number of aryl methyl sites for hydroxylation is 1. The molecule has 0 aliphatic heterocycles. The number of aliphatic hydroxyl groups is 1. The van der Waals surface area contributed by atoms with Gasteiger partial charge in [0, 0.05) is 24.3 Å². The van der Waals surface area contributed by atoms with Gasteiger partial charge in [-0.3, -0.25) is 4.79 Å². The maximum Gasteiger partial charge on any atom is 0.250 e. The highest BCUT2D eigenvalue weighted by Crippen LogP contribution is 2.14. The summed E-state index contributed by atoms with van der Waals surface area (Å²) in [7, 11) is 0. The topological polar surface area (TPSA) is 58.6 Å². The number of benzene rings is 1. The van der Waals surface area contributed by atoms with Crippen molar-refractivity contribution < 1.29 is 14.6 Å². The van der Waals surface area contributed by atoms with E-state index < -0.39 is 0 Å². The number of aliphatic hydroxyl groups excluding tert-OH is 1. The zero-order valence-corrected chi connectivity index (χ0v) is 11.3. The molecular weight excluding hydrogens is 242 g/mol. The second-order valence-corrected chi connectivity index (χ2v) is 3.99. The Balaban J connectivity index is 2.67. The molecule has 102 valence electrons. The van der Waals surface area contributed by atoms with Crippen molar-refractivity contribution in [1.82, 2.24) is 0 Å². The predicted molar refractivity (Wildman–Crippen MR) is 74.9 cm³/mol. The van der Waals surface area contributed by atoms with Crippen molar-refractivity contribution in [2.75, 3.05) is 25.1 Å². The fourth-order valence-corrected chi connectivity index (χ4v) is 1.49. The Morgan fingerprint density at radius 2 is 2.26 bits per heavy atom. The molecule has 19 heavy (non-hydrogen) atoms. The maximum atomic E-state index is 11.5. The first-order valence-corrected chi connectivity index (χ1v) is 6.25. The van der Waals surface area contributed by atoms with Crippen LogP contribution in [0.25, 0.3) is 0 Å². The van der Waals surface area contributed by atoms with Crippen molar-refractivity contribution in [2.45, 2.75) is 20.3 Å². The highest BCUT2D eigenvalue weighted by atomic mass is 16.5. The molecule has 2 N–H and O–H groups in total. The Kier molecular flexibility index (Phi) is 6.65. The predicted octanol–water partition coefficient (Wildman–Crippen LogP) is 1.70. The van der Waals surface area contributed by atoms with E-state index in [-0.39, 0.29) is 19.1 Å². The van der Waals surface area contributed by atoms with Crippen LogP contribution < -0.4 is 5.32 Å². The van der Waals surface area contributed by atoms with E-state index in [2.05, 4.69) is 17.2 Å². The summed E-state index contributed by atoms with van der Waals surface area (Å²) < 4.78 is 5.03. The molecule has 0 spiro atoms. The van der Waals surface area contributed by atoms with Crippen LogP contribution in [0.2, 0.25) is 0 Å². The van der Waals surface area contributed by atoms with Crippen LogP contribution in [0.5, 0.6) is 0 Å². The first kappa shape index (κ1) is 15.2. The third kappa shape index (κ3) is 5.56. The van der Waals surface area contributed by atoms with Gasteiger partial charge < -0.3 is 15.2 Å². The van der Waals surface area contributed by atoms with Crippen LogP contribution in [0.15, 0.2) is 18.2 Å². The molecule has 4 heteroatoms. The number of hydrogen-bond donors (Lipinski definition) is 2. The standard InChI is InChI=1S/C15H19NO3/c1-3-19-11-15(18)16-14-8-7-13(12(2)10-14)6-4-5-9-17/h7-8,10,17H,3,5,9,11H2,1-2H3,(H,16,18). The molecule has 0 aliphatic carbocycles. The number of carbonyl (C=O) groups excluding carboxylic acids is 1. The fourth-order valence-electron chi connectivity index (χ4n) is 1.49. The molecule has 0 radical (unpaired) electrons. The molecule has 0 unspecified atom stereocenters. The number of hydrogen-bond acceptors (Lipinski definition) is 3. The van der Waals surface area contributed by atoms with E-state index >= 15 is 0 Å². The molecule has 1 aromatic rings. The molecule has 0 fully saturated rings. The first-order chi connectivity index (χ1) is 9.17. The van der Waals surface area contributed by atoms with Crippen molar-refractivity contribution >= 4 is 11.6 Å². The number of amides is 1. The smallest absolute Gasteiger partial charge is 0.250 e. The van der Waals surface area contributed by atoms with Crippen LogP contribution in [-0.4, -0.2) is 30.8 Å². The van der Waals surface area contributed by atoms with Gasteiger partial charge in [0.15, 0.2) is 0 Å². The van der Waals surface area contributed by atoms with E-state index in [1.165, 1.54) is 0 Å². The lowest BCUT2D eigenvalue weighted by atomic mass is 10.1. The average Bonchev–Trinajstić information content (AvgIpc) is 2.39. The lowest BCUT2D eigenvalue weighted by Crippen LogP contribution is -2.18. The van der Waals surface area contributed by atoms with Gasteiger partial charge in [-0.15, -0.1) is 0 Å². The third-order valence-corrected chi connectivity index (χ3v) is 2.41. The monoisotopic (exact) mass is 261 g/mol. The summed E-state index contributed by atoms with van der Waals surface area (Å²) in [5.41, 5.74) is 2.62. The number of nitrogens with one attached hydrogen (secondary N) is 1. The summed E-state index contributed by atoms with van der Waals surface area (Å²) in [6.07, 6.45) is 0.465. The number of carbonyl (C=O) groups is 1. The van der Waals surface area contributed by atoms with Crippen LogP contribution >= 0.6 is 0 Å². The minimum atomic E-state index is -0.166. The van der Waals surface area contributed by atoms with Gasteiger partial charge in [0.2, 0.25) is 5.91 Å². The van der Waals surface area contributed by atoms with Crippen molar-refractivity contribution in [2.24, 2.45) is 0 Å². The molecular formula is C15H19NO3. The van der Waals surface area contributed by atoms with Gasteiger partial charge in [0.25, 0.3) is 0 Å². The van der Waals surface area contributed by atoms with Crippen LogP contribution in [0.3, 0.4) is 0 Å². The van der Waals surface area contributed by atoms with Crippen LogP contribution in [-0.2, 0) is 9.53 Å². The quantitative estimate of drug-likeness (QED) is 0.793. The molecule has 0 saturated heterocycles. The lowest BCUT2D eigenvalue weighted by molar-refractivity contribution is -0.120. The second kappa shape index (κ2) is 8.30. The van der Waals surface area contributed by atoms with Crippen molar-refractivity contribution in [3.8, 4) is 11.8 Å². The average molecular weight is 261 g/mol. The third-order valence-electron chi connectivity index (χ3n) is 2.41. The second-order valence-electron chi connectivity index (χ2n) is 3.99. The van der Waals surface area contributed by atoms with Crippen molar-refractivity contribution in [3.63, 3.8) is 0 Å². The summed E-state index contributed by atoms with van der Waals surface area (Å²) in [5, 5.41) is 11.4. The maximum absolute atomic E-state index is 11.5. The summed E-state index contributed by atoms with van der Waals surface area (Å²) in [6.45, 7) is 4.43. The Bertz CT molecular complexity index is 486. The number of rotatable bonds is 5. The summed E-state index contributed by atoms with van der Waals surface area (Å²) in [4.78, 5) is 11.5. The summed E-state index contributed by atoms with van der Waals surface area (Å²) in [5.74, 6) is 5.69. The zero-order chi connectivity index (χ0) is 14.1. The Morgan fingerprint density at radius 3 is 2.89 bits per heavy atom. The Hall–Kier alpha value is -1.83. The molecule has 1 rings (SSSR count). The SMILES string of the molecule is CCOCC(=O)Nc1ccc(C#CCCO)c(C)c1. The molecule has 0 atom stereocenters. The number of ether oxygens (including phenoxy) is 1. The largest absolute Gasteiger partial charge is 0.395 e. The van der Waals surface area contributed by atoms with Gasteiger partial charge >= 0.3 is 0 Å². The van der Waals surface area contributed by atoms with E-state index in [4.69, 9.17) is 9.84 Å². The van der Waals surface area contributed by atoms with Crippen LogP contribution in [0.1, 0.15) is 24.5 Å².